The number of benzene rings is 2. The number of amides is 1. The van der Waals surface area contributed by atoms with Crippen LogP contribution in [0.2, 0.25) is 0 Å². The first kappa shape index (κ1) is 21.8. The highest BCUT2D eigenvalue weighted by Crippen LogP contribution is 2.35. The summed E-state index contributed by atoms with van der Waals surface area (Å²) in [6.07, 6.45) is -2.69. The highest BCUT2D eigenvalue weighted by atomic mass is 32.2. The number of rotatable bonds is 4. The fraction of sp³-hybridized carbons (Fsp3) is 0.238. The lowest BCUT2D eigenvalue weighted by molar-refractivity contribution is -0.137. The molecule has 5 nitrogen and oxygen atoms in total. The quantitative estimate of drug-likeness (QED) is 0.605. The molecular formula is C21H19F3N2O3S. The van der Waals surface area contributed by atoms with Crippen LogP contribution in [0.1, 0.15) is 22.8 Å². The molecule has 3 aromatic rings. The van der Waals surface area contributed by atoms with E-state index in [-0.39, 0.29) is 12.2 Å². The zero-order chi connectivity index (χ0) is 22.2. The lowest BCUT2D eigenvalue weighted by Crippen LogP contribution is -2.36. The number of alkyl halides is 3. The summed E-state index contributed by atoms with van der Waals surface area (Å²) >= 11 is 1.36. The number of carbonyl (C=O) groups excluding carboxylic acids is 1. The van der Waals surface area contributed by atoms with Gasteiger partial charge >= 0.3 is 6.18 Å². The molecular weight excluding hydrogens is 417 g/mol. The summed E-state index contributed by atoms with van der Waals surface area (Å²) < 4.78 is 39.8. The molecule has 0 saturated carbocycles. The normalized spacial score (nSPS) is 11.7. The molecule has 0 bridgehead atoms. The van der Waals surface area contributed by atoms with Crippen molar-refractivity contribution in [2.24, 2.45) is 7.05 Å². The number of fused-ring (bicyclic) bond motifs is 1. The second-order valence-electron chi connectivity index (χ2n) is 6.54. The minimum absolute atomic E-state index is 0.0923. The Balaban J connectivity index is 2.17. The van der Waals surface area contributed by atoms with Crippen molar-refractivity contribution in [2.75, 3.05) is 17.7 Å². The summed E-state index contributed by atoms with van der Waals surface area (Å²) in [7, 11) is 1.50. The molecule has 1 aromatic heterocycles. The number of pyridine rings is 1. The summed E-state index contributed by atoms with van der Waals surface area (Å²) in [4.78, 5) is 27.9. The maximum Gasteiger partial charge on any atom is 0.416 e. The van der Waals surface area contributed by atoms with Crippen LogP contribution in [0.4, 0.5) is 18.9 Å². The van der Waals surface area contributed by atoms with Crippen molar-refractivity contribution >= 4 is 34.3 Å². The molecule has 9 heteroatoms. The molecule has 2 aromatic carbocycles. The van der Waals surface area contributed by atoms with E-state index < -0.39 is 34.5 Å². The van der Waals surface area contributed by atoms with Crippen LogP contribution in [0.15, 0.2) is 52.2 Å². The molecule has 0 aliphatic carbocycles. The smallest absolute Gasteiger partial charge is 0.416 e. The Morgan fingerprint density at radius 2 is 1.80 bits per heavy atom. The predicted octanol–water partition coefficient (Wildman–Crippen LogP) is 4.65. The molecule has 0 atom stereocenters. The molecule has 3 rings (SSSR count). The van der Waals surface area contributed by atoms with Crippen molar-refractivity contribution < 1.29 is 23.1 Å². The van der Waals surface area contributed by atoms with Gasteiger partial charge in [0, 0.05) is 24.2 Å². The van der Waals surface area contributed by atoms with E-state index in [1.54, 1.807) is 31.4 Å². The summed E-state index contributed by atoms with van der Waals surface area (Å²) in [5.41, 5.74) is -1.29. The summed E-state index contributed by atoms with van der Waals surface area (Å²) in [5.74, 6) is -1.22. The van der Waals surface area contributed by atoms with Crippen molar-refractivity contribution in [1.29, 1.82) is 0 Å². The number of aryl methyl sites for hydroxylation is 1. The second kappa shape index (κ2) is 8.06. The Morgan fingerprint density at radius 3 is 2.33 bits per heavy atom. The zero-order valence-corrected chi connectivity index (χ0v) is 17.3. The van der Waals surface area contributed by atoms with Crippen LogP contribution >= 0.6 is 11.8 Å². The maximum atomic E-state index is 13.2. The number of halogens is 3. The van der Waals surface area contributed by atoms with Gasteiger partial charge in [-0.15, -0.1) is 11.8 Å². The number of hydrogen-bond donors (Lipinski definition) is 1. The number of carbonyl (C=O) groups is 1. The summed E-state index contributed by atoms with van der Waals surface area (Å²) in [5, 5.41) is 11.2. The highest BCUT2D eigenvalue weighted by molar-refractivity contribution is 7.98. The van der Waals surface area contributed by atoms with Gasteiger partial charge in [-0.05, 0) is 49.6 Å². The van der Waals surface area contributed by atoms with E-state index in [0.29, 0.717) is 15.8 Å². The molecule has 0 aliphatic rings. The van der Waals surface area contributed by atoms with E-state index in [0.717, 1.165) is 17.0 Å². The van der Waals surface area contributed by atoms with Gasteiger partial charge in [0.2, 0.25) is 0 Å². The van der Waals surface area contributed by atoms with Gasteiger partial charge in [-0.3, -0.25) is 9.59 Å². The Hall–Kier alpha value is -2.94. The van der Waals surface area contributed by atoms with Crippen LogP contribution in [0, 0.1) is 0 Å². The number of anilines is 1. The third-order valence-electron chi connectivity index (χ3n) is 4.86. The van der Waals surface area contributed by atoms with Crippen molar-refractivity contribution in [2.45, 2.75) is 18.0 Å². The van der Waals surface area contributed by atoms with E-state index in [1.807, 2.05) is 0 Å². The lowest BCUT2D eigenvalue weighted by atomic mass is 10.1. The van der Waals surface area contributed by atoms with Crippen LogP contribution in [-0.4, -0.2) is 28.4 Å². The Labute approximate surface area is 174 Å². The topological polar surface area (TPSA) is 62.5 Å². The number of nitrogens with zero attached hydrogens (tertiary/aromatic N) is 2. The third-order valence-corrected chi connectivity index (χ3v) is 5.64. The first-order valence-corrected chi connectivity index (χ1v) is 10.2. The molecule has 1 amide bonds. The van der Waals surface area contributed by atoms with Crippen molar-refractivity contribution in [3.63, 3.8) is 0 Å². The number of aromatic nitrogens is 1. The largest absolute Gasteiger partial charge is 0.506 e. The summed E-state index contributed by atoms with van der Waals surface area (Å²) in [6.45, 7) is 1.72. The van der Waals surface area contributed by atoms with Gasteiger partial charge in [-0.25, -0.2) is 0 Å². The molecule has 0 saturated heterocycles. The first-order valence-electron chi connectivity index (χ1n) is 8.99. The lowest BCUT2D eigenvalue weighted by Gasteiger charge is -2.23. The van der Waals surface area contributed by atoms with E-state index in [4.69, 9.17) is 0 Å². The Kier molecular flexibility index (Phi) is 5.85. The van der Waals surface area contributed by atoms with Crippen molar-refractivity contribution in [1.82, 2.24) is 4.57 Å². The average Bonchev–Trinajstić information content (AvgIpc) is 2.72. The Bertz CT molecular complexity index is 1170. The van der Waals surface area contributed by atoms with Crippen LogP contribution in [0.5, 0.6) is 5.75 Å². The number of thioether (sulfide) groups is 1. The van der Waals surface area contributed by atoms with Crippen LogP contribution in [0.3, 0.4) is 0 Å². The fourth-order valence-corrected chi connectivity index (χ4v) is 3.93. The van der Waals surface area contributed by atoms with Crippen LogP contribution in [-0.2, 0) is 13.2 Å². The minimum atomic E-state index is -4.50. The predicted molar refractivity (Wildman–Crippen MR) is 111 cm³/mol. The van der Waals surface area contributed by atoms with Gasteiger partial charge in [0.05, 0.1) is 16.5 Å². The molecule has 158 valence electrons. The van der Waals surface area contributed by atoms with E-state index in [9.17, 15) is 27.9 Å². The van der Waals surface area contributed by atoms with Gasteiger partial charge in [-0.1, -0.05) is 6.07 Å². The van der Waals surface area contributed by atoms with E-state index in [1.165, 1.54) is 35.5 Å². The average molecular weight is 436 g/mol. The molecule has 30 heavy (non-hydrogen) atoms. The second-order valence-corrected chi connectivity index (χ2v) is 7.38. The minimum Gasteiger partial charge on any atom is -0.506 e. The molecule has 0 fully saturated rings. The third kappa shape index (κ3) is 3.65. The van der Waals surface area contributed by atoms with Crippen molar-refractivity contribution in [3.05, 3.63) is 63.9 Å². The molecule has 0 spiro atoms. The van der Waals surface area contributed by atoms with Gasteiger partial charge < -0.3 is 14.6 Å². The monoisotopic (exact) mass is 436 g/mol. The van der Waals surface area contributed by atoms with Gasteiger partial charge in [0.25, 0.3) is 11.5 Å². The fourth-order valence-electron chi connectivity index (χ4n) is 3.31. The number of hydrogen-bond acceptors (Lipinski definition) is 4. The van der Waals surface area contributed by atoms with Crippen molar-refractivity contribution in [3.8, 4) is 5.75 Å². The maximum absolute atomic E-state index is 13.2. The number of aromatic hydroxyl groups is 1. The molecule has 1 heterocycles. The Morgan fingerprint density at radius 1 is 1.17 bits per heavy atom. The first-order chi connectivity index (χ1) is 14.1. The van der Waals surface area contributed by atoms with Crippen LogP contribution in [0.25, 0.3) is 10.9 Å². The van der Waals surface area contributed by atoms with Gasteiger partial charge in [0.15, 0.2) is 0 Å². The van der Waals surface area contributed by atoms with E-state index >= 15 is 0 Å². The van der Waals surface area contributed by atoms with Crippen LogP contribution < -0.4 is 10.5 Å². The molecule has 0 aliphatic heterocycles. The SMILES string of the molecule is CCN(C(=O)c1c(O)c2c(SC)cccc2n(C)c1=O)c1ccc(C(F)(F)F)cc1. The van der Waals surface area contributed by atoms with Gasteiger partial charge in [-0.2, -0.15) is 13.2 Å². The standard InChI is InChI=1S/C21H19F3N2O3S/c1-4-26(13-10-8-12(9-11-13)21(22,23)24)20(29)17-18(27)16-14(25(2)19(17)28)6-5-7-15(16)30-3/h5-11,27H,4H2,1-3H3. The van der Waals surface area contributed by atoms with E-state index in [2.05, 4.69) is 0 Å². The highest BCUT2D eigenvalue weighted by Gasteiger charge is 2.31. The molecule has 0 unspecified atom stereocenters. The summed E-state index contributed by atoms with van der Waals surface area (Å²) in [6, 6.07) is 9.25. The molecule has 0 radical (unpaired) electrons. The van der Waals surface area contributed by atoms with Gasteiger partial charge in [0.1, 0.15) is 11.3 Å². The zero-order valence-electron chi connectivity index (χ0n) is 16.4. The molecule has 1 N–H and O–H groups in total.